The Hall–Kier alpha value is -2.22. The minimum atomic E-state index is -0.437. The number of carbonyl (C=O) groups is 1. The van der Waals surface area contributed by atoms with Gasteiger partial charge >= 0.3 is 0 Å². The van der Waals surface area contributed by atoms with Crippen molar-refractivity contribution in [3.63, 3.8) is 0 Å². The Bertz CT molecular complexity index is 795. The molecular formula is C21H28N4O3. The number of likely N-dealkylation sites (tertiary alicyclic amines) is 1. The second-order valence-corrected chi connectivity index (χ2v) is 7.71. The zero-order valence-electron chi connectivity index (χ0n) is 16.3. The second kappa shape index (κ2) is 8.43. The van der Waals surface area contributed by atoms with E-state index in [1.165, 1.54) is 0 Å². The molecule has 4 rings (SSSR count). The van der Waals surface area contributed by atoms with Gasteiger partial charge < -0.3 is 19.7 Å². The van der Waals surface area contributed by atoms with Crippen molar-refractivity contribution < 1.29 is 14.3 Å². The Labute approximate surface area is 165 Å². The van der Waals surface area contributed by atoms with E-state index in [1.54, 1.807) is 13.3 Å². The van der Waals surface area contributed by atoms with Crippen LogP contribution in [-0.2, 0) is 20.8 Å². The number of ether oxygens (including phenoxy) is 2. The Morgan fingerprint density at radius 1 is 1.39 bits per heavy atom. The number of para-hydroxylation sites is 1. The lowest BCUT2D eigenvalue weighted by Gasteiger charge is -2.26. The van der Waals surface area contributed by atoms with Crippen molar-refractivity contribution in [3.8, 4) is 5.69 Å². The van der Waals surface area contributed by atoms with Crippen LogP contribution in [0.3, 0.4) is 0 Å². The van der Waals surface area contributed by atoms with E-state index in [0.29, 0.717) is 19.8 Å². The number of nitrogens with one attached hydrogen (secondary N) is 1. The van der Waals surface area contributed by atoms with Crippen molar-refractivity contribution in [2.24, 2.45) is 11.3 Å². The lowest BCUT2D eigenvalue weighted by Crippen LogP contribution is -2.46. The third kappa shape index (κ3) is 3.70. The highest BCUT2D eigenvalue weighted by atomic mass is 16.5. The van der Waals surface area contributed by atoms with E-state index in [1.807, 2.05) is 41.2 Å². The predicted octanol–water partition coefficient (Wildman–Crippen LogP) is 1.47. The quantitative estimate of drug-likeness (QED) is 0.698. The zero-order valence-corrected chi connectivity index (χ0v) is 16.3. The van der Waals surface area contributed by atoms with Crippen LogP contribution in [0.15, 0.2) is 42.7 Å². The molecule has 0 unspecified atom stereocenters. The zero-order chi connectivity index (χ0) is 19.4. The molecule has 2 aliphatic rings. The molecule has 1 aromatic heterocycles. The normalized spacial score (nSPS) is 24.4. The minimum absolute atomic E-state index is 0.0968. The predicted molar refractivity (Wildman–Crippen MR) is 105 cm³/mol. The summed E-state index contributed by atoms with van der Waals surface area (Å²) in [6.07, 6.45) is 4.65. The molecule has 2 saturated heterocycles. The molecule has 0 aliphatic carbocycles. The summed E-state index contributed by atoms with van der Waals surface area (Å²) >= 11 is 0. The second-order valence-electron chi connectivity index (χ2n) is 7.71. The van der Waals surface area contributed by atoms with Gasteiger partial charge in [-0.25, -0.2) is 4.68 Å². The van der Waals surface area contributed by atoms with E-state index in [0.717, 1.165) is 43.9 Å². The molecule has 2 aliphatic heterocycles. The molecule has 2 fully saturated rings. The SMILES string of the molecule is COCCCN1C[C@@H]2COC[C@]2(C(=O)NCc2ccccc2-n2cccn2)C1. The maximum atomic E-state index is 13.2. The highest BCUT2D eigenvalue weighted by Gasteiger charge is 2.55. The number of fused-ring (bicyclic) bond motifs is 1. The first-order valence-corrected chi connectivity index (χ1v) is 9.88. The van der Waals surface area contributed by atoms with Gasteiger partial charge in [0.25, 0.3) is 0 Å². The van der Waals surface area contributed by atoms with Crippen molar-refractivity contribution in [1.29, 1.82) is 0 Å². The monoisotopic (exact) mass is 384 g/mol. The van der Waals surface area contributed by atoms with Gasteiger partial charge in [0.2, 0.25) is 5.91 Å². The fraction of sp³-hybridized carbons (Fsp3) is 0.524. The molecule has 7 nitrogen and oxygen atoms in total. The van der Waals surface area contributed by atoms with E-state index in [4.69, 9.17) is 9.47 Å². The van der Waals surface area contributed by atoms with Crippen LogP contribution in [0, 0.1) is 11.3 Å². The van der Waals surface area contributed by atoms with Crippen LogP contribution in [-0.4, -0.2) is 67.2 Å². The summed E-state index contributed by atoms with van der Waals surface area (Å²) < 4.78 is 12.7. The van der Waals surface area contributed by atoms with E-state index in [9.17, 15) is 4.79 Å². The average Bonchev–Trinajstić information content (AvgIpc) is 3.43. The molecule has 0 radical (unpaired) electrons. The summed E-state index contributed by atoms with van der Waals surface area (Å²) in [5, 5.41) is 7.50. The lowest BCUT2D eigenvalue weighted by molar-refractivity contribution is -0.131. The van der Waals surface area contributed by atoms with Crippen LogP contribution < -0.4 is 5.32 Å². The molecule has 1 N–H and O–H groups in total. The summed E-state index contributed by atoms with van der Waals surface area (Å²) in [5.41, 5.74) is 1.59. The summed E-state index contributed by atoms with van der Waals surface area (Å²) in [6, 6.07) is 9.91. The van der Waals surface area contributed by atoms with Gasteiger partial charge in [0, 0.05) is 58.2 Å². The van der Waals surface area contributed by atoms with Crippen LogP contribution in [0.25, 0.3) is 5.69 Å². The molecule has 7 heteroatoms. The molecule has 1 aromatic carbocycles. The number of rotatable bonds is 8. The van der Waals surface area contributed by atoms with Gasteiger partial charge in [-0.2, -0.15) is 5.10 Å². The molecular weight excluding hydrogens is 356 g/mol. The number of nitrogens with zero attached hydrogens (tertiary/aromatic N) is 3. The van der Waals surface area contributed by atoms with Crippen molar-refractivity contribution in [2.75, 3.05) is 46.6 Å². The minimum Gasteiger partial charge on any atom is -0.385 e. The smallest absolute Gasteiger partial charge is 0.230 e. The number of methoxy groups -OCH3 is 1. The third-order valence-electron chi connectivity index (χ3n) is 5.90. The van der Waals surface area contributed by atoms with Crippen LogP contribution in [0.1, 0.15) is 12.0 Å². The number of carbonyl (C=O) groups excluding carboxylic acids is 1. The topological polar surface area (TPSA) is 68.6 Å². The van der Waals surface area contributed by atoms with Gasteiger partial charge in [-0.3, -0.25) is 4.79 Å². The van der Waals surface area contributed by atoms with Crippen molar-refractivity contribution >= 4 is 5.91 Å². The first-order chi connectivity index (χ1) is 13.7. The molecule has 1 amide bonds. The first-order valence-electron chi connectivity index (χ1n) is 9.88. The van der Waals surface area contributed by atoms with Gasteiger partial charge in [0.15, 0.2) is 0 Å². The highest BCUT2D eigenvalue weighted by molar-refractivity contribution is 5.84. The lowest BCUT2D eigenvalue weighted by atomic mass is 9.80. The Balaban J connectivity index is 1.42. The van der Waals surface area contributed by atoms with Gasteiger partial charge in [-0.15, -0.1) is 0 Å². The fourth-order valence-electron chi connectivity index (χ4n) is 4.41. The summed E-state index contributed by atoms with van der Waals surface area (Å²) in [6.45, 7) is 5.04. The fourth-order valence-corrected chi connectivity index (χ4v) is 4.41. The maximum absolute atomic E-state index is 13.2. The molecule has 3 heterocycles. The first kappa shape index (κ1) is 19.1. The number of benzene rings is 1. The Kier molecular flexibility index (Phi) is 5.75. The van der Waals surface area contributed by atoms with Crippen LogP contribution in [0.5, 0.6) is 0 Å². The van der Waals surface area contributed by atoms with Crippen LogP contribution in [0.4, 0.5) is 0 Å². The highest BCUT2D eigenvalue weighted by Crippen LogP contribution is 2.41. The largest absolute Gasteiger partial charge is 0.385 e. The van der Waals surface area contributed by atoms with Gasteiger partial charge in [-0.1, -0.05) is 18.2 Å². The van der Waals surface area contributed by atoms with Crippen molar-refractivity contribution in [1.82, 2.24) is 20.0 Å². The standard InChI is InChI=1S/C21H28N4O3/c1-27-11-5-9-24-13-18-14-28-16-21(18,15-24)20(26)22-12-17-6-2-3-7-19(17)25-10-4-8-23-25/h2-4,6-8,10,18H,5,9,11-16H2,1H3,(H,22,26)/t18-,21-/m1/s1. The number of amides is 1. The summed E-state index contributed by atoms with van der Waals surface area (Å²) in [4.78, 5) is 15.6. The number of hydrogen-bond acceptors (Lipinski definition) is 5. The van der Waals surface area contributed by atoms with E-state index in [-0.39, 0.29) is 11.8 Å². The molecule has 28 heavy (non-hydrogen) atoms. The van der Waals surface area contributed by atoms with Crippen LogP contribution >= 0.6 is 0 Å². The van der Waals surface area contributed by atoms with Gasteiger partial charge in [-0.05, 0) is 24.1 Å². The maximum Gasteiger partial charge on any atom is 0.230 e. The van der Waals surface area contributed by atoms with E-state index in [2.05, 4.69) is 15.3 Å². The average molecular weight is 384 g/mol. The molecule has 0 bridgehead atoms. The Morgan fingerprint density at radius 3 is 3.11 bits per heavy atom. The molecule has 2 atom stereocenters. The molecule has 0 saturated carbocycles. The van der Waals surface area contributed by atoms with Gasteiger partial charge in [0.1, 0.15) is 0 Å². The number of aromatic nitrogens is 2. The summed E-state index contributed by atoms with van der Waals surface area (Å²) in [7, 11) is 1.72. The third-order valence-corrected chi connectivity index (χ3v) is 5.90. The number of hydrogen-bond donors (Lipinski definition) is 1. The molecule has 0 spiro atoms. The van der Waals surface area contributed by atoms with E-state index >= 15 is 0 Å². The molecule has 2 aromatic rings. The van der Waals surface area contributed by atoms with Crippen molar-refractivity contribution in [2.45, 2.75) is 13.0 Å². The van der Waals surface area contributed by atoms with Crippen molar-refractivity contribution in [3.05, 3.63) is 48.3 Å². The van der Waals surface area contributed by atoms with E-state index < -0.39 is 5.41 Å². The molecule has 150 valence electrons. The van der Waals surface area contributed by atoms with Crippen LogP contribution in [0.2, 0.25) is 0 Å². The Morgan fingerprint density at radius 2 is 2.29 bits per heavy atom. The summed E-state index contributed by atoms with van der Waals surface area (Å²) in [5.74, 6) is 0.357. The van der Waals surface area contributed by atoms with Gasteiger partial charge in [0.05, 0.1) is 24.3 Å².